The molecule has 0 bridgehead atoms. The summed E-state index contributed by atoms with van der Waals surface area (Å²) in [4.78, 5) is 26.0. The van der Waals surface area contributed by atoms with Crippen molar-refractivity contribution in [3.05, 3.63) is 26.8 Å². The number of carbonyl (C=O) groups excluding carboxylic acids is 2. The summed E-state index contributed by atoms with van der Waals surface area (Å²) in [6, 6.07) is 5.34. The summed E-state index contributed by atoms with van der Waals surface area (Å²) in [6.45, 7) is 3.90. The lowest BCUT2D eigenvalue weighted by Crippen LogP contribution is -2.35. The molecule has 5 heteroatoms. The van der Waals surface area contributed by atoms with Crippen LogP contribution in [-0.4, -0.2) is 11.8 Å². The Morgan fingerprint density at radius 2 is 1.95 bits per heavy atom. The molecule has 0 atom stereocenters. The molecule has 2 amide bonds. The zero-order chi connectivity index (χ0) is 14.2. The van der Waals surface area contributed by atoms with Gasteiger partial charge >= 0.3 is 0 Å². The fraction of sp³-hybridized carbons (Fsp3) is 0.429. The molecule has 1 fully saturated rings. The van der Waals surface area contributed by atoms with Crippen molar-refractivity contribution in [2.24, 2.45) is 5.41 Å². The quantitative estimate of drug-likeness (QED) is 0.576. The predicted octanol–water partition coefficient (Wildman–Crippen LogP) is 4.01. The largest absolute Gasteiger partial charge is 0.274 e. The third kappa shape index (κ3) is 2.40. The second-order valence-electron chi connectivity index (χ2n) is 4.79. The van der Waals surface area contributed by atoms with Crippen molar-refractivity contribution in [2.75, 3.05) is 4.90 Å². The first kappa shape index (κ1) is 14.8. The molecule has 1 aliphatic rings. The summed E-state index contributed by atoms with van der Waals surface area (Å²) in [5.74, 6) is -0.276. The Kier molecular flexibility index (Phi) is 4.20. The Morgan fingerprint density at radius 3 is 2.42 bits per heavy atom. The standard InChI is InChI=1S/C14H15ClINO2/c1-3-14(4-2)8-12(18)17(13(14)19)11-6-5-9(16)7-10(11)15/h5-7H,3-4,8H2,1-2H3. The molecule has 102 valence electrons. The van der Waals surface area contributed by atoms with Gasteiger partial charge in [-0.3, -0.25) is 9.59 Å². The van der Waals surface area contributed by atoms with Crippen LogP contribution in [0.3, 0.4) is 0 Å². The first-order valence-electron chi connectivity index (χ1n) is 6.27. The summed E-state index contributed by atoms with van der Waals surface area (Å²) in [5, 5.41) is 0.441. The van der Waals surface area contributed by atoms with Gasteiger partial charge in [-0.15, -0.1) is 0 Å². The number of imide groups is 1. The summed E-state index contributed by atoms with van der Waals surface area (Å²) in [7, 11) is 0. The first-order valence-corrected chi connectivity index (χ1v) is 7.73. The van der Waals surface area contributed by atoms with Crippen molar-refractivity contribution < 1.29 is 9.59 Å². The van der Waals surface area contributed by atoms with Crippen molar-refractivity contribution in [3.8, 4) is 0 Å². The number of anilines is 1. The van der Waals surface area contributed by atoms with E-state index in [1.165, 1.54) is 4.90 Å². The van der Waals surface area contributed by atoms with Crippen LogP contribution in [-0.2, 0) is 9.59 Å². The van der Waals surface area contributed by atoms with Crippen LogP contribution in [0.1, 0.15) is 33.1 Å². The number of carbonyl (C=O) groups is 2. The van der Waals surface area contributed by atoms with Crippen LogP contribution >= 0.6 is 34.2 Å². The van der Waals surface area contributed by atoms with Gasteiger partial charge < -0.3 is 0 Å². The zero-order valence-electron chi connectivity index (χ0n) is 10.9. The molecule has 2 rings (SSSR count). The Balaban J connectivity index is 2.46. The smallest absolute Gasteiger partial charge is 0.240 e. The van der Waals surface area contributed by atoms with Gasteiger partial charge in [0.1, 0.15) is 0 Å². The lowest BCUT2D eigenvalue weighted by atomic mass is 9.81. The molecule has 0 spiro atoms. The molecule has 1 saturated heterocycles. The van der Waals surface area contributed by atoms with Gasteiger partial charge in [-0.2, -0.15) is 0 Å². The summed E-state index contributed by atoms with van der Waals surface area (Å²) >= 11 is 8.31. The van der Waals surface area contributed by atoms with Gasteiger partial charge in [0.05, 0.1) is 16.1 Å². The monoisotopic (exact) mass is 391 g/mol. The molecule has 0 saturated carbocycles. The van der Waals surface area contributed by atoms with E-state index in [2.05, 4.69) is 22.6 Å². The van der Waals surface area contributed by atoms with Crippen molar-refractivity contribution in [2.45, 2.75) is 33.1 Å². The molecule has 1 aliphatic heterocycles. The van der Waals surface area contributed by atoms with Crippen LogP contribution in [0.4, 0.5) is 5.69 Å². The SMILES string of the molecule is CCC1(CC)CC(=O)N(c2ccc(I)cc2Cl)C1=O. The second-order valence-corrected chi connectivity index (χ2v) is 6.45. The summed E-state index contributed by atoms with van der Waals surface area (Å²) in [5.41, 5.74) is -0.0514. The zero-order valence-corrected chi connectivity index (χ0v) is 13.8. The third-order valence-corrected chi connectivity index (χ3v) is 4.87. The van der Waals surface area contributed by atoms with Crippen LogP contribution in [0.25, 0.3) is 0 Å². The van der Waals surface area contributed by atoms with Gasteiger partial charge in [0, 0.05) is 9.99 Å². The Labute approximate surface area is 131 Å². The molecule has 0 N–H and O–H groups in total. The number of halogens is 2. The lowest BCUT2D eigenvalue weighted by Gasteiger charge is -2.24. The Bertz CT molecular complexity index is 540. The van der Waals surface area contributed by atoms with E-state index in [1.54, 1.807) is 12.1 Å². The highest BCUT2D eigenvalue weighted by atomic mass is 127. The van der Waals surface area contributed by atoms with E-state index in [0.29, 0.717) is 23.6 Å². The topological polar surface area (TPSA) is 37.4 Å². The van der Waals surface area contributed by atoms with Gasteiger partial charge in [0.2, 0.25) is 11.8 Å². The van der Waals surface area contributed by atoms with Crippen molar-refractivity contribution >= 4 is 51.7 Å². The average Bonchev–Trinajstić information content (AvgIpc) is 2.62. The number of benzene rings is 1. The van der Waals surface area contributed by atoms with E-state index in [0.717, 1.165) is 3.57 Å². The van der Waals surface area contributed by atoms with E-state index in [-0.39, 0.29) is 18.2 Å². The number of rotatable bonds is 3. The highest BCUT2D eigenvalue weighted by Gasteiger charge is 2.50. The maximum Gasteiger partial charge on any atom is 0.240 e. The van der Waals surface area contributed by atoms with Crippen LogP contribution in [0, 0.1) is 8.99 Å². The average molecular weight is 392 g/mol. The van der Waals surface area contributed by atoms with Crippen LogP contribution in [0.5, 0.6) is 0 Å². The first-order chi connectivity index (χ1) is 8.95. The van der Waals surface area contributed by atoms with E-state index >= 15 is 0 Å². The van der Waals surface area contributed by atoms with Crippen molar-refractivity contribution in [3.63, 3.8) is 0 Å². The van der Waals surface area contributed by atoms with Gasteiger partial charge in [-0.1, -0.05) is 25.4 Å². The van der Waals surface area contributed by atoms with Crippen molar-refractivity contribution in [1.82, 2.24) is 0 Å². The van der Waals surface area contributed by atoms with Gasteiger partial charge in [0.25, 0.3) is 0 Å². The minimum Gasteiger partial charge on any atom is -0.274 e. The summed E-state index contributed by atoms with van der Waals surface area (Å²) < 4.78 is 0.975. The van der Waals surface area contributed by atoms with E-state index in [9.17, 15) is 9.59 Å². The predicted molar refractivity (Wildman–Crippen MR) is 84.3 cm³/mol. The molecular formula is C14H15ClINO2. The van der Waals surface area contributed by atoms with Crippen LogP contribution < -0.4 is 4.90 Å². The van der Waals surface area contributed by atoms with Crippen LogP contribution in [0.15, 0.2) is 18.2 Å². The van der Waals surface area contributed by atoms with Gasteiger partial charge in [-0.25, -0.2) is 4.90 Å². The lowest BCUT2D eigenvalue weighted by molar-refractivity contribution is -0.126. The maximum atomic E-state index is 12.6. The molecule has 1 heterocycles. The van der Waals surface area contributed by atoms with Crippen LogP contribution in [0.2, 0.25) is 5.02 Å². The molecule has 1 aromatic rings. The fourth-order valence-corrected chi connectivity index (χ4v) is 3.44. The molecule has 3 nitrogen and oxygen atoms in total. The fourth-order valence-electron chi connectivity index (χ4n) is 2.50. The molecule has 0 unspecified atom stereocenters. The Morgan fingerprint density at radius 1 is 1.32 bits per heavy atom. The summed E-state index contributed by atoms with van der Waals surface area (Å²) in [6.07, 6.45) is 1.63. The third-order valence-electron chi connectivity index (χ3n) is 3.90. The highest BCUT2D eigenvalue weighted by molar-refractivity contribution is 14.1. The van der Waals surface area contributed by atoms with E-state index in [1.807, 2.05) is 19.9 Å². The van der Waals surface area contributed by atoms with Gasteiger partial charge in [-0.05, 0) is 53.6 Å². The number of nitrogens with zero attached hydrogens (tertiary/aromatic N) is 1. The molecule has 0 aliphatic carbocycles. The Hall–Kier alpha value is -0.620. The van der Waals surface area contributed by atoms with Gasteiger partial charge in [0.15, 0.2) is 0 Å². The number of hydrogen-bond acceptors (Lipinski definition) is 2. The molecule has 0 aromatic heterocycles. The molecule has 0 radical (unpaired) electrons. The van der Waals surface area contributed by atoms with E-state index < -0.39 is 5.41 Å². The minimum absolute atomic E-state index is 0.120. The second kappa shape index (κ2) is 5.40. The highest BCUT2D eigenvalue weighted by Crippen LogP contribution is 2.42. The molecular weight excluding hydrogens is 377 g/mol. The minimum atomic E-state index is -0.552. The van der Waals surface area contributed by atoms with Crippen molar-refractivity contribution in [1.29, 1.82) is 0 Å². The van der Waals surface area contributed by atoms with E-state index in [4.69, 9.17) is 11.6 Å². The number of hydrogen-bond donors (Lipinski definition) is 0. The molecule has 19 heavy (non-hydrogen) atoms. The molecule has 1 aromatic carbocycles. The maximum absolute atomic E-state index is 12.6. The number of amides is 2. The normalized spacial score (nSPS) is 18.2.